The van der Waals surface area contributed by atoms with Crippen LogP contribution in [0, 0.1) is 23.7 Å². The number of anilines is 1. The van der Waals surface area contributed by atoms with Crippen LogP contribution in [0.2, 0.25) is 5.02 Å². The van der Waals surface area contributed by atoms with Crippen molar-refractivity contribution in [3.8, 4) is 0 Å². The fraction of sp³-hybridized carbons (Fsp3) is 0.625. The lowest BCUT2D eigenvalue weighted by Gasteiger charge is -2.54. The van der Waals surface area contributed by atoms with Crippen molar-refractivity contribution in [2.75, 3.05) is 5.32 Å². The van der Waals surface area contributed by atoms with Crippen LogP contribution in [-0.4, -0.2) is 6.04 Å². The second-order valence-corrected chi connectivity index (χ2v) is 7.99. The molecule has 0 unspecified atom stereocenters. The molecule has 3 heteroatoms. The Kier molecular flexibility index (Phi) is 3.07. The van der Waals surface area contributed by atoms with Crippen LogP contribution >= 0.6 is 27.5 Å². The molecule has 5 rings (SSSR count). The molecule has 4 fully saturated rings. The highest BCUT2D eigenvalue weighted by Gasteiger charge is 2.48. The van der Waals surface area contributed by atoms with E-state index in [0.29, 0.717) is 6.04 Å². The molecule has 1 aromatic carbocycles. The highest BCUT2D eigenvalue weighted by Crippen LogP contribution is 2.54. The quantitative estimate of drug-likeness (QED) is 0.766. The zero-order valence-electron chi connectivity index (χ0n) is 10.9. The lowest BCUT2D eigenvalue weighted by molar-refractivity contribution is 0.00754. The molecule has 4 aliphatic carbocycles. The second kappa shape index (κ2) is 4.66. The Morgan fingerprint density at radius 2 is 1.63 bits per heavy atom. The number of halogens is 2. The topological polar surface area (TPSA) is 12.0 Å². The third-order valence-electron chi connectivity index (χ3n) is 5.48. The van der Waals surface area contributed by atoms with E-state index >= 15 is 0 Å². The summed E-state index contributed by atoms with van der Waals surface area (Å²) in [6.07, 6.45) is 7.33. The number of nitrogens with one attached hydrogen (secondary N) is 1. The van der Waals surface area contributed by atoms with Gasteiger partial charge in [0.05, 0.1) is 5.02 Å². The predicted octanol–water partition coefficient (Wildman–Crippen LogP) is 5.34. The van der Waals surface area contributed by atoms with Crippen LogP contribution in [0.25, 0.3) is 0 Å². The number of rotatable bonds is 2. The van der Waals surface area contributed by atoms with E-state index in [0.717, 1.165) is 33.2 Å². The smallest absolute Gasteiger partial charge is 0.0568 e. The van der Waals surface area contributed by atoms with Crippen molar-refractivity contribution in [1.29, 1.82) is 0 Å². The van der Waals surface area contributed by atoms with Crippen molar-refractivity contribution in [1.82, 2.24) is 0 Å². The molecule has 0 atom stereocenters. The van der Waals surface area contributed by atoms with Crippen LogP contribution in [0.5, 0.6) is 0 Å². The Hall–Kier alpha value is -0.210. The van der Waals surface area contributed by atoms with Gasteiger partial charge in [-0.15, -0.1) is 0 Å². The summed E-state index contributed by atoms with van der Waals surface area (Å²) in [5, 5.41) is 4.59. The molecule has 0 amide bonds. The van der Waals surface area contributed by atoms with Crippen molar-refractivity contribution >= 4 is 33.2 Å². The predicted molar refractivity (Wildman–Crippen MR) is 83.6 cm³/mol. The van der Waals surface area contributed by atoms with E-state index < -0.39 is 0 Å². The van der Waals surface area contributed by atoms with Crippen LogP contribution < -0.4 is 5.32 Å². The average molecular weight is 341 g/mol. The van der Waals surface area contributed by atoms with Gasteiger partial charge in [0.2, 0.25) is 0 Å². The van der Waals surface area contributed by atoms with Crippen molar-refractivity contribution in [3.63, 3.8) is 0 Å². The van der Waals surface area contributed by atoms with Gasteiger partial charge in [-0.1, -0.05) is 11.6 Å². The molecular weight excluding hydrogens is 322 g/mol. The van der Waals surface area contributed by atoms with Crippen molar-refractivity contribution in [3.05, 3.63) is 27.7 Å². The Bertz CT molecular complexity index is 474. The fourth-order valence-electron chi connectivity index (χ4n) is 4.94. The number of hydrogen-bond donors (Lipinski definition) is 1. The maximum absolute atomic E-state index is 6.20. The first-order valence-electron chi connectivity index (χ1n) is 7.40. The van der Waals surface area contributed by atoms with Gasteiger partial charge >= 0.3 is 0 Å². The number of hydrogen-bond acceptors (Lipinski definition) is 1. The normalized spacial score (nSPS) is 39.6. The van der Waals surface area contributed by atoms with Crippen molar-refractivity contribution in [2.45, 2.75) is 38.1 Å². The van der Waals surface area contributed by atoms with Gasteiger partial charge in [0.1, 0.15) is 0 Å². The van der Waals surface area contributed by atoms with Crippen LogP contribution in [0.3, 0.4) is 0 Å². The largest absolute Gasteiger partial charge is 0.382 e. The first kappa shape index (κ1) is 12.5. The standard InChI is InChI=1S/C16H19BrClN/c17-14-2-1-13(8-15(14)18)19-16-11-4-9-3-10(6-11)7-12(16)5-9/h1-2,8-12,16,19H,3-7H2. The highest BCUT2D eigenvalue weighted by molar-refractivity contribution is 9.10. The summed E-state index contributed by atoms with van der Waals surface area (Å²) in [4.78, 5) is 0. The monoisotopic (exact) mass is 339 g/mol. The van der Waals surface area contributed by atoms with E-state index in [1.165, 1.54) is 37.8 Å². The molecule has 19 heavy (non-hydrogen) atoms. The third-order valence-corrected chi connectivity index (χ3v) is 6.71. The van der Waals surface area contributed by atoms with Crippen molar-refractivity contribution < 1.29 is 0 Å². The van der Waals surface area contributed by atoms with E-state index in [1.807, 2.05) is 6.07 Å². The summed E-state index contributed by atoms with van der Waals surface area (Å²) in [7, 11) is 0. The number of benzene rings is 1. The van der Waals surface area contributed by atoms with E-state index in [9.17, 15) is 0 Å². The molecule has 0 heterocycles. The molecule has 4 bridgehead atoms. The molecule has 0 aliphatic heterocycles. The van der Waals surface area contributed by atoms with Gasteiger partial charge in [-0.2, -0.15) is 0 Å². The summed E-state index contributed by atoms with van der Waals surface area (Å²) in [5.41, 5.74) is 1.19. The minimum Gasteiger partial charge on any atom is -0.382 e. The van der Waals surface area contributed by atoms with Gasteiger partial charge in [0, 0.05) is 16.2 Å². The maximum atomic E-state index is 6.20. The average Bonchev–Trinajstić information content (AvgIpc) is 2.37. The van der Waals surface area contributed by atoms with Crippen molar-refractivity contribution in [2.24, 2.45) is 23.7 Å². The summed E-state index contributed by atoms with van der Waals surface area (Å²) in [5.74, 6) is 3.88. The molecule has 1 aromatic rings. The molecule has 1 nitrogen and oxygen atoms in total. The Labute approximate surface area is 128 Å². The van der Waals surface area contributed by atoms with E-state index in [1.54, 1.807) is 0 Å². The molecule has 0 aromatic heterocycles. The fourth-order valence-corrected chi connectivity index (χ4v) is 5.37. The Morgan fingerprint density at radius 1 is 1.00 bits per heavy atom. The van der Waals surface area contributed by atoms with E-state index in [4.69, 9.17) is 11.6 Å². The summed E-state index contributed by atoms with van der Waals surface area (Å²) in [6.45, 7) is 0. The maximum Gasteiger partial charge on any atom is 0.0568 e. The lowest BCUT2D eigenvalue weighted by atomic mass is 9.54. The molecule has 0 spiro atoms. The lowest BCUT2D eigenvalue weighted by Crippen LogP contribution is -2.51. The highest BCUT2D eigenvalue weighted by atomic mass is 79.9. The molecule has 102 valence electrons. The molecule has 0 saturated heterocycles. The Balaban J connectivity index is 1.55. The van der Waals surface area contributed by atoms with Crippen LogP contribution in [0.4, 0.5) is 5.69 Å². The molecular formula is C16H19BrClN. The molecule has 4 saturated carbocycles. The molecule has 1 N–H and O–H groups in total. The Morgan fingerprint density at radius 3 is 2.21 bits per heavy atom. The summed E-state index contributed by atoms with van der Waals surface area (Å²) < 4.78 is 0.977. The van der Waals surface area contributed by atoms with E-state index in [2.05, 4.69) is 33.4 Å². The second-order valence-electron chi connectivity index (χ2n) is 6.73. The third kappa shape index (κ3) is 2.21. The van der Waals surface area contributed by atoms with Gasteiger partial charge < -0.3 is 5.32 Å². The van der Waals surface area contributed by atoms with Gasteiger partial charge in [-0.25, -0.2) is 0 Å². The van der Waals surface area contributed by atoms with Crippen LogP contribution in [0.15, 0.2) is 22.7 Å². The van der Waals surface area contributed by atoms with Crippen LogP contribution in [-0.2, 0) is 0 Å². The minimum atomic E-state index is 0.685. The van der Waals surface area contributed by atoms with Crippen LogP contribution in [0.1, 0.15) is 32.1 Å². The van der Waals surface area contributed by atoms with Gasteiger partial charge in [-0.05, 0) is 89.9 Å². The van der Waals surface area contributed by atoms with Gasteiger partial charge in [0.15, 0.2) is 0 Å². The van der Waals surface area contributed by atoms with E-state index in [-0.39, 0.29) is 0 Å². The minimum absolute atomic E-state index is 0.685. The van der Waals surface area contributed by atoms with Gasteiger partial charge in [0.25, 0.3) is 0 Å². The zero-order valence-corrected chi connectivity index (χ0v) is 13.3. The SMILES string of the molecule is Clc1cc(NC2C3CC4CC(C3)CC2C4)ccc1Br. The zero-order chi connectivity index (χ0) is 13.0. The summed E-state index contributed by atoms with van der Waals surface area (Å²) >= 11 is 9.65. The van der Waals surface area contributed by atoms with Gasteiger partial charge in [-0.3, -0.25) is 0 Å². The molecule has 4 aliphatic rings. The molecule has 0 radical (unpaired) electrons. The summed E-state index contributed by atoms with van der Waals surface area (Å²) in [6, 6.07) is 6.92. The first-order chi connectivity index (χ1) is 9.19. The first-order valence-corrected chi connectivity index (χ1v) is 8.57.